The Labute approximate surface area is 161 Å². The van der Waals surface area contributed by atoms with Crippen LogP contribution in [0.3, 0.4) is 0 Å². The largest absolute Gasteiger partial charge is 0.335 e. The van der Waals surface area contributed by atoms with E-state index in [-0.39, 0.29) is 11.9 Å². The van der Waals surface area contributed by atoms with Crippen LogP contribution in [0.15, 0.2) is 30.3 Å². The van der Waals surface area contributed by atoms with Crippen molar-refractivity contribution in [3.63, 3.8) is 0 Å². The minimum Gasteiger partial charge on any atom is -0.335 e. The van der Waals surface area contributed by atoms with E-state index in [9.17, 15) is 10.1 Å². The number of thiophene rings is 2. The Morgan fingerprint density at radius 3 is 2.54 bits per heavy atom. The molecule has 134 valence electrons. The summed E-state index contributed by atoms with van der Waals surface area (Å²) in [5.41, 5.74) is 0. The summed E-state index contributed by atoms with van der Waals surface area (Å²) in [7, 11) is 0. The van der Waals surface area contributed by atoms with Crippen LogP contribution < -0.4 is 0 Å². The number of fused-ring (bicyclic) bond motifs is 3. The third kappa shape index (κ3) is 3.01. The van der Waals surface area contributed by atoms with E-state index < -0.39 is 0 Å². The normalized spacial score (nSPS) is 17.1. The van der Waals surface area contributed by atoms with Gasteiger partial charge in [-0.25, -0.2) is 0 Å². The van der Waals surface area contributed by atoms with Crippen molar-refractivity contribution >= 4 is 48.1 Å². The first-order valence-electron chi connectivity index (χ1n) is 8.92. The first-order valence-corrected chi connectivity index (χ1v) is 10.6. The van der Waals surface area contributed by atoms with Crippen molar-refractivity contribution in [3.8, 4) is 6.07 Å². The zero-order chi connectivity index (χ0) is 18.3. The molecule has 26 heavy (non-hydrogen) atoms. The molecule has 1 atom stereocenters. The number of carbonyl (C=O) groups excluding carboxylic acids is 1. The smallest absolute Gasteiger partial charge is 0.264 e. The second-order valence-electron chi connectivity index (χ2n) is 7.05. The van der Waals surface area contributed by atoms with E-state index in [4.69, 9.17) is 0 Å². The molecule has 0 saturated carbocycles. The Kier molecular flexibility index (Phi) is 4.70. The summed E-state index contributed by atoms with van der Waals surface area (Å²) in [6.45, 7) is 7.07. The Bertz CT molecular complexity index is 989. The van der Waals surface area contributed by atoms with Crippen LogP contribution in [0.25, 0.3) is 19.5 Å². The van der Waals surface area contributed by atoms with Crippen molar-refractivity contribution < 1.29 is 4.79 Å². The number of carbonyl (C=O) groups is 1. The van der Waals surface area contributed by atoms with Gasteiger partial charge in [0, 0.05) is 41.0 Å². The number of nitriles is 1. The van der Waals surface area contributed by atoms with Gasteiger partial charge in [-0.2, -0.15) is 5.26 Å². The lowest BCUT2D eigenvalue weighted by Gasteiger charge is -2.38. The van der Waals surface area contributed by atoms with Gasteiger partial charge in [-0.05, 0) is 18.1 Å². The average molecular weight is 384 g/mol. The van der Waals surface area contributed by atoms with Crippen LogP contribution in [-0.2, 0) is 0 Å². The molecule has 0 spiro atoms. The Hall–Kier alpha value is -1.94. The number of nitrogens with zero attached hydrogens (tertiary/aromatic N) is 3. The summed E-state index contributed by atoms with van der Waals surface area (Å²) in [5, 5.41) is 10.6. The fourth-order valence-electron chi connectivity index (χ4n) is 3.62. The molecule has 1 saturated heterocycles. The summed E-state index contributed by atoms with van der Waals surface area (Å²) in [6, 6.07) is 12.8. The molecular weight excluding hydrogens is 362 g/mol. The maximum Gasteiger partial charge on any atom is 0.264 e. The highest BCUT2D eigenvalue weighted by atomic mass is 32.1. The third-order valence-corrected chi connectivity index (χ3v) is 7.42. The average Bonchev–Trinajstić information content (AvgIpc) is 3.20. The minimum atomic E-state index is -0.0642. The molecule has 3 aromatic rings. The van der Waals surface area contributed by atoms with E-state index in [1.54, 1.807) is 22.7 Å². The molecule has 0 N–H and O–H groups in total. The topological polar surface area (TPSA) is 47.3 Å². The molecule has 1 fully saturated rings. The molecule has 1 unspecified atom stereocenters. The maximum atomic E-state index is 12.9. The van der Waals surface area contributed by atoms with Gasteiger partial charge in [-0.3, -0.25) is 9.69 Å². The molecule has 2 aromatic heterocycles. The number of hydrogen-bond acceptors (Lipinski definition) is 5. The second-order valence-corrected chi connectivity index (χ2v) is 9.18. The lowest BCUT2D eigenvalue weighted by atomic mass is 10.0. The molecule has 6 heteroatoms. The lowest BCUT2D eigenvalue weighted by Crippen LogP contribution is -2.52. The SMILES string of the molecule is CC(C)C(C#N)N1CCN(C(=O)c2cc3sc4ccccc4c3s2)CC1. The first kappa shape index (κ1) is 17.5. The quantitative estimate of drug-likeness (QED) is 0.672. The fraction of sp³-hybridized carbons (Fsp3) is 0.400. The summed E-state index contributed by atoms with van der Waals surface area (Å²) in [6.07, 6.45) is 0. The van der Waals surface area contributed by atoms with Gasteiger partial charge in [-0.15, -0.1) is 22.7 Å². The molecule has 0 aliphatic carbocycles. The summed E-state index contributed by atoms with van der Waals surface area (Å²) >= 11 is 3.36. The van der Waals surface area contributed by atoms with E-state index in [1.807, 2.05) is 11.0 Å². The zero-order valence-corrected chi connectivity index (χ0v) is 16.6. The zero-order valence-electron chi connectivity index (χ0n) is 14.9. The van der Waals surface area contributed by atoms with E-state index in [2.05, 4.69) is 49.1 Å². The number of rotatable bonds is 3. The predicted octanol–water partition coefficient (Wildman–Crippen LogP) is 4.42. The lowest BCUT2D eigenvalue weighted by molar-refractivity contribution is 0.0581. The van der Waals surface area contributed by atoms with Gasteiger partial charge in [0.1, 0.15) is 6.04 Å². The number of piperazine rings is 1. The Morgan fingerprint density at radius 2 is 1.85 bits per heavy atom. The minimum absolute atomic E-state index is 0.0642. The van der Waals surface area contributed by atoms with Crippen molar-refractivity contribution in [3.05, 3.63) is 35.2 Å². The van der Waals surface area contributed by atoms with Crippen molar-refractivity contribution in [1.82, 2.24) is 9.80 Å². The molecule has 1 amide bonds. The van der Waals surface area contributed by atoms with Gasteiger partial charge in [0.25, 0.3) is 5.91 Å². The van der Waals surface area contributed by atoms with E-state index in [0.29, 0.717) is 19.0 Å². The van der Waals surface area contributed by atoms with Crippen LogP contribution in [0, 0.1) is 17.2 Å². The van der Waals surface area contributed by atoms with E-state index >= 15 is 0 Å². The van der Waals surface area contributed by atoms with Gasteiger partial charge >= 0.3 is 0 Å². The highest BCUT2D eigenvalue weighted by Crippen LogP contribution is 2.39. The highest BCUT2D eigenvalue weighted by molar-refractivity contribution is 7.33. The molecule has 1 aliphatic rings. The fourth-order valence-corrected chi connectivity index (χ4v) is 6.11. The van der Waals surface area contributed by atoms with Gasteiger partial charge in [-0.1, -0.05) is 32.0 Å². The molecule has 0 bridgehead atoms. The maximum absolute atomic E-state index is 12.9. The number of benzene rings is 1. The predicted molar refractivity (Wildman–Crippen MR) is 109 cm³/mol. The van der Waals surface area contributed by atoms with Crippen LogP contribution in [0.2, 0.25) is 0 Å². The molecular formula is C20H21N3OS2. The summed E-state index contributed by atoms with van der Waals surface area (Å²) in [4.78, 5) is 17.9. The molecule has 1 aliphatic heterocycles. The van der Waals surface area contributed by atoms with Crippen molar-refractivity contribution in [2.75, 3.05) is 26.2 Å². The molecule has 1 aromatic carbocycles. The highest BCUT2D eigenvalue weighted by Gasteiger charge is 2.29. The summed E-state index contributed by atoms with van der Waals surface area (Å²) < 4.78 is 3.69. The van der Waals surface area contributed by atoms with Crippen molar-refractivity contribution in [2.45, 2.75) is 19.9 Å². The molecule has 4 nitrogen and oxygen atoms in total. The Balaban J connectivity index is 1.50. The van der Waals surface area contributed by atoms with Crippen LogP contribution in [0.5, 0.6) is 0 Å². The molecule has 4 rings (SSSR count). The van der Waals surface area contributed by atoms with Crippen LogP contribution in [-0.4, -0.2) is 47.9 Å². The number of hydrogen-bond donors (Lipinski definition) is 0. The third-order valence-electron chi connectivity index (χ3n) is 5.02. The molecule has 0 radical (unpaired) electrons. The summed E-state index contributed by atoms with van der Waals surface area (Å²) in [5.74, 6) is 0.430. The standard InChI is InChI=1S/C20H21N3OS2/c1-13(2)15(12-21)22-7-9-23(10-8-22)20(24)18-11-17-19(26-18)14-5-3-4-6-16(14)25-17/h3-6,11,13,15H,7-10H2,1-2H3. The Morgan fingerprint density at radius 1 is 1.12 bits per heavy atom. The van der Waals surface area contributed by atoms with Crippen molar-refractivity contribution in [1.29, 1.82) is 5.26 Å². The van der Waals surface area contributed by atoms with Gasteiger partial charge in [0.2, 0.25) is 0 Å². The number of amides is 1. The van der Waals surface area contributed by atoms with Gasteiger partial charge in [0.05, 0.1) is 15.6 Å². The second kappa shape index (κ2) is 6.99. The van der Waals surface area contributed by atoms with Gasteiger partial charge in [0.15, 0.2) is 0 Å². The van der Waals surface area contributed by atoms with E-state index in [1.165, 1.54) is 19.5 Å². The monoisotopic (exact) mass is 383 g/mol. The first-order chi connectivity index (χ1) is 12.6. The van der Waals surface area contributed by atoms with Crippen LogP contribution >= 0.6 is 22.7 Å². The van der Waals surface area contributed by atoms with Crippen LogP contribution in [0.1, 0.15) is 23.5 Å². The van der Waals surface area contributed by atoms with Crippen molar-refractivity contribution in [2.24, 2.45) is 5.92 Å². The van der Waals surface area contributed by atoms with E-state index in [0.717, 1.165) is 18.0 Å². The molecule has 3 heterocycles. The van der Waals surface area contributed by atoms with Crippen LogP contribution in [0.4, 0.5) is 0 Å². The van der Waals surface area contributed by atoms with Gasteiger partial charge < -0.3 is 4.90 Å².